The molecule has 0 aliphatic rings. The third-order valence-electron chi connectivity index (χ3n) is 3.40. The molecule has 0 aliphatic carbocycles. The monoisotopic (exact) mass is 352 g/mol. The van der Waals surface area contributed by atoms with E-state index in [0.717, 1.165) is 5.56 Å². The molecule has 2 aromatic carbocycles. The van der Waals surface area contributed by atoms with Crippen LogP contribution in [0.2, 0.25) is 0 Å². The molecule has 25 heavy (non-hydrogen) atoms. The predicted octanol–water partition coefficient (Wildman–Crippen LogP) is 4.01. The molecule has 3 aromatic rings. The second-order valence-electron chi connectivity index (χ2n) is 5.33. The maximum absolute atomic E-state index is 12.2. The Labute approximate surface area is 148 Å². The van der Waals surface area contributed by atoms with Gasteiger partial charge >= 0.3 is 0 Å². The molecule has 3 rings (SSSR count). The maximum atomic E-state index is 12.2. The minimum Gasteiger partial charge on any atom is -0.360 e. The Kier molecular flexibility index (Phi) is 5.20. The van der Waals surface area contributed by atoms with Crippen molar-refractivity contribution in [2.45, 2.75) is 11.8 Å². The Morgan fingerprint density at radius 2 is 1.84 bits per heavy atom. The lowest BCUT2D eigenvalue weighted by Gasteiger charge is -2.03. The van der Waals surface area contributed by atoms with Crippen LogP contribution in [0.4, 0.5) is 5.82 Å². The summed E-state index contributed by atoms with van der Waals surface area (Å²) in [5, 5.41) is 3.74. The molecule has 1 atom stereocenters. The molecular formula is C19H16N2O3S. The Morgan fingerprint density at radius 1 is 1.12 bits per heavy atom. The number of benzene rings is 2. The molecule has 1 aromatic heterocycles. The van der Waals surface area contributed by atoms with Gasteiger partial charge in [0.25, 0.3) is 0 Å². The number of rotatable bonds is 6. The largest absolute Gasteiger partial charge is 0.360 e. The van der Waals surface area contributed by atoms with Crippen LogP contribution in [0.3, 0.4) is 0 Å². The van der Waals surface area contributed by atoms with Gasteiger partial charge in [-0.25, -0.2) is 4.21 Å². The first-order valence-electron chi connectivity index (χ1n) is 7.61. The molecule has 0 radical (unpaired) electrons. The molecule has 0 amide bonds. The van der Waals surface area contributed by atoms with E-state index in [4.69, 9.17) is 4.52 Å². The minimum absolute atomic E-state index is 0.110. The lowest BCUT2D eigenvalue weighted by Crippen LogP contribution is -2.05. The molecule has 126 valence electrons. The van der Waals surface area contributed by atoms with E-state index >= 15 is 0 Å². The van der Waals surface area contributed by atoms with Crippen molar-refractivity contribution in [1.82, 2.24) is 5.16 Å². The van der Waals surface area contributed by atoms with Crippen molar-refractivity contribution in [1.29, 1.82) is 0 Å². The van der Waals surface area contributed by atoms with Gasteiger partial charge in [0.15, 0.2) is 22.6 Å². The highest BCUT2D eigenvalue weighted by atomic mass is 32.2. The van der Waals surface area contributed by atoms with Crippen molar-refractivity contribution in [2.75, 3.05) is 4.72 Å². The fraction of sp³-hybridized carbons (Fsp3) is 0.0526. The number of aromatic nitrogens is 1. The highest BCUT2D eigenvalue weighted by molar-refractivity contribution is 7.86. The third-order valence-corrected chi connectivity index (χ3v) is 4.50. The van der Waals surface area contributed by atoms with Crippen LogP contribution in [-0.2, 0) is 11.0 Å². The number of ketones is 1. The zero-order valence-electron chi connectivity index (χ0n) is 13.5. The van der Waals surface area contributed by atoms with Gasteiger partial charge in [-0.2, -0.15) is 0 Å². The van der Waals surface area contributed by atoms with E-state index in [1.165, 1.54) is 6.08 Å². The number of hydrogen-bond acceptors (Lipinski definition) is 4. The molecule has 1 N–H and O–H groups in total. The molecule has 0 fully saturated rings. The Balaban J connectivity index is 1.66. The van der Waals surface area contributed by atoms with Crippen molar-refractivity contribution >= 4 is 28.7 Å². The summed E-state index contributed by atoms with van der Waals surface area (Å²) in [6.07, 6.45) is 3.29. The Morgan fingerprint density at radius 3 is 2.48 bits per heavy atom. The van der Waals surface area contributed by atoms with Gasteiger partial charge in [-0.1, -0.05) is 41.6 Å². The molecule has 0 aliphatic heterocycles. The van der Waals surface area contributed by atoms with Crippen LogP contribution < -0.4 is 4.72 Å². The van der Waals surface area contributed by atoms with Gasteiger partial charge in [0.05, 0.1) is 4.90 Å². The van der Waals surface area contributed by atoms with E-state index in [1.807, 2.05) is 30.3 Å². The van der Waals surface area contributed by atoms with E-state index in [-0.39, 0.29) is 5.78 Å². The first-order chi connectivity index (χ1) is 12.1. The Bertz CT molecular complexity index is 915. The van der Waals surface area contributed by atoms with Gasteiger partial charge < -0.3 is 4.52 Å². The minimum atomic E-state index is -1.48. The number of aryl methyl sites for hydroxylation is 1. The highest BCUT2D eigenvalue weighted by Crippen LogP contribution is 2.14. The van der Waals surface area contributed by atoms with Crippen LogP contribution in [0, 0.1) is 6.92 Å². The first-order valence-corrected chi connectivity index (χ1v) is 8.76. The van der Waals surface area contributed by atoms with Crippen LogP contribution in [0.5, 0.6) is 0 Å². The molecule has 6 heteroatoms. The highest BCUT2D eigenvalue weighted by Gasteiger charge is 2.08. The molecule has 5 nitrogen and oxygen atoms in total. The smallest absolute Gasteiger partial charge is 0.185 e. The Hall–Kier alpha value is -2.99. The fourth-order valence-electron chi connectivity index (χ4n) is 2.14. The number of anilines is 1. The third kappa shape index (κ3) is 4.51. The van der Waals surface area contributed by atoms with Gasteiger partial charge in [-0.15, -0.1) is 0 Å². The number of hydrogen-bond donors (Lipinski definition) is 1. The molecule has 0 spiro atoms. The number of nitrogens with one attached hydrogen (secondary N) is 1. The van der Waals surface area contributed by atoms with Gasteiger partial charge in [0.2, 0.25) is 0 Å². The summed E-state index contributed by atoms with van der Waals surface area (Å²) >= 11 is 0. The van der Waals surface area contributed by atoms with Crippen LogP contribution in [0.1, 0.15) is 21.7 Å². The van der Waals surface area contributed by atoms with Gasteiger partial charge in [-0.3, -0.25) is 9.52 Å². The van der Waals surface area contributed by atoms with Crippen LogP contribution in [0.15, 0.2) is 76.2 Å². The summed E-state index contributed by atoms with van der Waals surface area (Å²) in [4.78, 5) is 12.7. The van der Waals surface area contributed by atoms with E-state index in [9.17, 15) is 9.00 Å². The lowest BCUT2D eigenvalue weighted by molar-refractivity contribution is 0.104. The number of carbonyl (C=O) groups is 1. The summed E-state index contributed by atoms with van der Waals surface area (Å²) in [5.41, 5.74) is 1.49. The summed E-state index contributed by atoms with van der Waals surface area (Å²) < 4.78 is 19.9. The summed E-state index contributed by atoms with van der Waals surface area (Å²) in [5.74, 6) is 0.925. The first kappa shape index (κ1) is 16.9. The summed E-state index contributed by atoms with van der Waals surface area (Å²) in [6.45, 7) is 1.75. The van der Waals surface area contributed by atoms with Crippen molar-refractivity contribution in [2.24, 2.45) is 0 Å². The average molecular weight is 352 g/mol. The normalized spacial score (nSPS) is 12.2. The van der Waals surface area contributed by atoms with Crippen molar-refractivity contribution in [3.63, 3.8) is 0 Å². The molecule has 0 saturated carbocycles. The molecular weight excluding hydrogens is 336 g/mol. The summed E-state index contributed by atoms with van der Waals surface area (Å²) in [7, 11) is -1.48. The van der Waals surface area contributed by atoms with Crippen LogP contribution in [-0.4, -0.2) is 15.1 Å². The lowest BCUT2D eigenvalue weighted by atomic mass is 10.1. The zero-order valence-corrected chi connectivity index (χ0v) is 14.3. The zero-order chi connectivity index (χ0) is 17.6. The van der Waals surface area contributed by atoms with Gasteiger partial charge in [-0.05, 0) is 42.8 Å². The average Bonchev–Trinajstić information content (AvgIpc) is 3.05. The number of carbonyl (C=O) groups excluding carboxylic acids is 1. The van der Waals surface area contributed by atoms with Gasteiger partial charge in [0.1, 0.15) is 5.76 Å². The summed E-state index contributed by atoms with van der Waals surface area (Å²) in [6, 6.07) is 17.9. The number of nitrogens with zero attached hydrogens (tertiary/aromatic N) is 1. The molecule has 1 unspecified atom stereocenters. The van der Waals surface area contributed by atoms with E-state index < -0.39 is 11.0 Å². The van der Waals surface area contributed by atoms with E-state index in [1.54, 1.807) is 43.3 Å². The SMILES string of the molecule is Cc1cc(NS(=O)c2ccc(C(=O)/C=C/c3ccccc3)cc2)no1. The van der Waals surface area contributed by atoms with Gasteiger partial charge in [0, 0.05) is 11.6 Å². The van der Waals surface area contributed by atoms with Crippen molar-refractivity contribution < 1.29 is 13.5 Å². The molecule has 0 saturated heterocycles. The quantitative estimate of drug-likeness (QED) is 0.537. The standard InChI is InChI=1S/C19H16N2O3S/c1-14-13-19(20-24-14)21-25(23)17-10-8-16(9-11-17)18(22)12-7-15-5-3-2-4-6-15/h2-13H,1H3,(H,20,21)/b12-7+. The molecule has 1 heterocycles. The number of allylic oxidation sites excluding steroid dienone is 1. The van der Waals surface area contributed by atoms with Crippen LogP contribution >= 0.6 is 0 Å². The second kappa shape index (κ2) is 7.72. The van der Waals surface area contributed by atoms with E-state index in [2.05, 4.69) is 9.88 Å². The van der Waals surface area contributed by atoms with Crippen LogP contribution in [0.25, 0.3) is 6.08 Å². The molecule has 0 bridgehead atoms. The fourth-order valence-corrected chi connectivity index (χ4v) is 2.93. The maximum Gasteiger partial charge on any atom is 0.185 e. The van der Waals surface area contributed by atoms with Crippen molar-refractivity contribution in [3.8, 4) is 0 Å². The predicted molar refractivity (Wildman–Crippen MR) is 97.5 cm³/mol. The van der Waals surface area contributed by atoms with Crippen molar-refractivity contribution in [3.05, 3.63) is 83.6 Å². The second-order valence-corrected chi connectivity index (χ2v) is 6.54. The van der Waals surface area contributed by atoms with E-state index in [0.29, 0.717) is 22.0 Å². The topological polar surface area (TPSA) is 72.2 Å².